The molecule has 0 fully saturated rings. The van der Waals surface area contributed by atoms with E-state index < -0.39 is 5.97 Å². The van der Waals surface area contributed by atoms with Crippen LogP contribution in [0.2, 0.25) is 5.02 Å². The standard InChI is InChI=1S/C19H14BrClN2O4S/c1-11-22-23-19(27-11)28-17(18(24)25)9-13-4-7-16(15(20)8-13)26-10-12-2-5-14(21)6-3-12/h2-9H,10H2,1H3,(H,24,25)/b17-9-. The van der Waals surface area contributed by atoms with Crippen LogP contribution in [0.25, 0.3) is 6.08 Å². The summed E-state index contributed by atoms with van der Waals surface area (Å²) >= 11 is 10.2. The topological polar surface area (TPSA) is 85.5 Å². The van der Waals surface area contributed by atoms with Crippen molar-refractivity contribution in [2.24, 2.45) is 0 Å². The van der Waals surface area contributed by atoms with Crippen LogP contribution in [0, 0.1) is 6.92 Å². The van der Waals surface area contributed by atoms with Crippen LogP contribution >= 0.6 is 39.3 Å². The summed E-state index contributed by atoms with van der Waals surface area (Å²) in [7, 11) is 0. The number of aryl methyl sites for hydroxylation is 1. The molecule has 2 aromatic carbocycles. The highest BCUT2D eigenvalue weighted by Crippen LogP contribution is 2.31. The molecule has 144 valence electrons. The van der Waals surface area contributed by atoms with Crippen molar-refractivity contribution in [2.75, 3.05) is 0 Å². The fourth-order valence-electron chi connectivity index (χ4n) is 2.17. The number of halogens is 2. The smallest absolute Gasteiger partial charge is 0.342 e. The molecule has 1 heterocycles. The largest absolute Gasteiger partial charge is 0.488 e. The number of hydrogen-bond donors (Lipinski definition) is 1. The predicted molar refractivity (Wildman–Crippen MR) is 110 cm³/mol. The second-order valence-electron chi connectivity index (χ2n) is 5.61. The Hall–Kier alpha value is -2.29. The Morgan fingerprint density at radius 3 is 2.64 bits per heavy atom. The van der Waals surface area contributed by atoms with Crippen LogP contribution in [0.4, 0.5) is 0 Å². The van der Waals surface area contributed by atoms with Crippen LogP contribution < -0.4 is 4.74 Å². The number of carboxylic acids is 1. The molecule has 3 rings (SSSR count). The summed E-state index contributed by atoms with van der Waals surface area (Å²) in [4.78, 5) is 11.6. The van der Waals surface area contributed by atoms with Gasteiger partial charge in [-0.15, -0.1) is 10.2 Å². The number of aliphatic carboxylic acids is 1. The molecule has 0 unspecified atom stereocenters. The van der Waals surface area contributed by atoms with Gasteiger partial charge in [0.1, 0.15) is 17.3 Å². The number of aromatic nitrogens is 2. The van der Waals surface area contributed by atoms with Gasteiger partial charge in [-0.25, -0.2) is 4.79 Å². The third kappa shape index (κ3) is 5.60. The first-order chi connectivity index (χ1) is 13.4. The van der Waals surface area contributed by atoms with E-state index in [0.717, 1.165) is 17.3 Å². The van der Waals surface area contributed by atoms with Crippen LogP contribution in [-0.4, -0.2) is 21.3 Å². The van der Waals surface area contributed by atoms with Gasteiger partial charge in [0.15, 0.2) is 0 Å². The second-order valence-corrected chi connectivity index (χ2v) is 7.89. The van der Waals surface area contributed by atoms with Crippen molar-refractivity contribution in [3.05, 3.63) is 73.9 Å². The predicted octanol–water partition coefficient (Wildman–Crippen LogP) is 5.59. The Morgan fingerprint density at radius 1 is 1.29 bits per heavy atom. The van der Waals surface area contributed by atoms with Gasteiger partial charge in [0.05, 0.1) is 4.47 Å². The van der Waals surface area contributed by atoms with Gasteiger partial charge in [0, 0.05) is 11.9 Å². The first kappa shape index (κ1) is 20.4. The van der Waals surface area contributed by atoms with Crippen LogP contribution in [0.5, 0.6) is 5.75 Å². The van der Waals surface area contributed by atoms with Gasteiger partial charge in [0.2, 0.25) is 5.89 Å². The number of rotatable bonds is 7. The van der Waals surface area contributed by atoms with E-state index in [-0.39, 0.29) is 10.1 Å². The Kier molecular flexibility index (Phi) is 6.77. The van der Waals surface area contributed by atoms with Gasteiger partial charge in [-0.1, -0.05) is 29.8 Å². The average Bonchev–Trinajstić information content (AvgIpc) is 3.06. The summed E-state index contributed by atoms with van der Waals surface area (Å²) in [5, 5.41) is 17.8. The van der Waals surface area contributed by atoms with Gasteiger partial charge in [0.25, 0.3) is 5.22 Å². The molecule has 0 spiro atoms. The molecule has 0 aliphatic carbocycles. The summed E-state index contributed by atoms with van der Waals surface area (Å²) in [6.45, 7) is 2.03. The maximum absolute atomic E-state index is 11.5. The van der Waals surface area contributed by atoms with E-state index in [2.05, 4.69) is 26.1 Å². The van der Waals surface area contributed by atoms with Crippen molar-refractivity contribution in [3.63, 3.8) is 0 Å². The number of carboxylic acid groups (broad SMARTS) is 1. The van der Waals surface area contributed by atoms with E-state index in [1.54, 1.807) is 37.3 Å². The lowest BCUT2D eigenvalue weighted by molar-refractivity contribution is -0.131. The van der Waals surface area contributed by atoms with Gasteiger partial charge in [-0.05, 0) is 69.2 Å². The van der Waals surface area contributed by atoms with E-state index >= 15 is 0 Å². The zero-order valence-corrected chi connectivity index (χ0v) is 17.7. The van der Waals surface area contributed by atoms with E-state index in [1.165, 1.54) is 6.08 Å². The van der Waals surface area contributed by atoms with Gasteiger partial charge in [-0.3, -0.25) is 0 Å². The zero-order valence-electron chi connectivity index (χ0n) is 14.6. The quantitative estimate of drug-likeness (QED) is 0.348. The molecule has 0 amide bonds. The molecular formula is C19H14BrClN2O4S. The minimum Gasteiger partial charge on any atom is -0.488 e. The molecule has 0 atom stereocenters. The molecule has 0 saturated heterocycles. The summed E-state index contributed by atoms with van der Waals surface area (Å²) in [5.74, 6) is -0.0682. The molecular weight excluding hydrogens is 468 g/mol. The molecule has 1 aromatic heterocycles. The van der Waals surface area contributed by atoms with Crippen LogP contribution in [0.1, 0.15) is 17.0 Å². The highest BCUT2D eigenvalue weighted by Gasteiger charge is 2.14. The van der Waals surface area contributed by atoms with Crippen LogP contribution in [0.15, 0.2) is 61.5 Å². The van der Waals surface area contributed by atoms with Crippen LogP contribution in [-0.2, 0) is 11.4 Å². The van der Waals surface area contributed by atoms with Crippen molar-refractivity contribution < 1.29 is 19.1 Å². The first-order valence-corrected chi connectivity index (χ1v) is 9.99. The monoisotopic (exact) mass is 480 g/mol. The fourth-order valence-corrected chi connectivity index (χ4v) is 3.52. The van der Waals surface area contributed by atoms with Crippen molar-refractivity contribution in [2.45, 2.75) is 18.8 Å². The maximum Gasteiger partial charge on any atom is 0.342 e. The lowest BCUT2D eigenvalue weighted by Gasteiger charge is -2.09. The molecule has 6 nitrogen and oxygen atoms in total. The molecule has 3 aromatic rings. The number of benzene rings is 2. The number of ether oxygens (including phenoxy) is 1. The van der Waals surface area contributed by atoms with Crippen molar-refractivity contribution >= 4 is 51.3 Å². The molecule has 0 aliphatic heterocycles. The molecule has 28 heavy (non-hydrogen) atoms. The summed E-state index contributed by atoms with van der Waals surface area (Å²) in [6.07, 6.45) is 1.53. The third-order valence-electron chi connectivity index (χ3n) is 3.48. The number of carbonyl (C=O) groups is 1. The minimum atomic E-state index is -1.08. The Morgan fingerprint density at radius 2 is 2.04 bits per heavy atom. The first-order valence-electron chi connectivity index (χ1n) is 8.00. The molecule has 0 radical (unpaired) electrons. The second kappa shape index (κ2) is 9.27. The lowest BCUT2D eigenvalue weighted by atomic mass is 10.2. The Bertz CT molecular complexity index is 1020. The Labute approximate surface area is 178 Å². The number of thioether (sulfide) groups is 1. The average molecular weight is 482 g/mol. The van der Waals surface area contributed by atoms with Crippen LogP contribution in [0.3, 0.4) is 0 Å². The zero-order chi connectivity index (χ0) is 20.1. The summed E-state index contributed by atoms with van der Waals surface area (Å²) < 4.78 is 11.7. The number of hydrogen-bond acceptors (Lipinski definition) is 6. The van der Waals surface area contributed by atoms with E-state index in [1.807, 2.05) is 12.1 Å². The van der Waals surface area contributed by atoms with E-state index in [9.17, 15) is 9.90 Å². The lowest BCUT2D eigenvalue weighted by Crippen LogP contribution is -1.98. The molecule has 0 saturated carbocycles. The third-order valence-corrected chi connectivity index (χ3v) is 5.20. The van der Waals surface area contributed by atoms with Gasteiger partial charge >= 0.3 is 5.97 Å². The summed E-state index contributed by atoms with van der Waals surface area (Å²) in [6, 6.07) is 12.7. The molecule has 0 bridgehead atoms. The minimum absolute atomic E-state index is 0.0605. The van der Waals surface area contributed by atoms with Crippen molar-refractivity contribution in [1.82, 2.24) is 10.2 Å². The molecule has 0 aliphatic rings. The maximum atomic E-state index is 11.5. The van der Waals surface area contributed by atoms with Crippen molar-refractivity contribution in [3.8, 4) is 5.75 Å². The van der Waals surface area contributed by atoms with Gasteiger partial charge in [-0.2, -0.15) is 0 Å². The highest BCUT2D eigenvalue weighted by molar-refractivity contribution is 9.10. The van der Waals surface area contributed by atoms with E-state index in [4.69, 9.17) is 20.8 Å². The molecule has 9 heteroatoms. The van der Waals surface area contributed by atoms with E-state index in [0.29, 0.717) is 33.3 Å². The Balaban J connectivity index is 1.73. The van der Waals surface area contributed by atoms with Crippen molar-refractivity contribution in [1.29, 1.82) is 0 Å². The highest BCUT2D eigenvalue weighted by atomic mass is 79.9. The molecule has 1 N–H and O–H groups in total. The normalized spacial score (nSPS) is 11.5. The van der Waals surface area contributed by atoms with Gasteiger partial charge < -0.3 is 14.3 Å². The SMILES string of the molecule is Cc1nnc(S/C(=C\c2ccc(OCc3ccc(Cl)cc3)c(Br)c2)C(=O)O)o1. The summed E-state index contributed by atoms with van der Waals surface area (Å²) in [5.41, 5.74) is 1.67. The fraction of sp³-hybridized carbons (Fsp3) is 0.105. The number of nitrogens with zero attached hydrogens (tertiary/aromatic N) is 2.